The molecule has 0 aromatic heterocycles. The van der Waals surface area contributed by atoms with E-state index in [0.29, 0.717) is 19.2 Å². The lowest BCUT2D eigenvalue weighted by Gasteiger charge is -2.12. The Hall–Kier alpha value is -1.30. The normalized spacial score (nSPS) is 16.0. The summed E-state index contributed by atoms with van der Waals surface area (Å²) >= 11 is 0. The monoisotopic (exact) mass is 229 g/mol. The molecule has 0 heterocycles. The van der Waals surface area contributed by atoms with Gasteiger partial charge in [0.25, 0.3) is 0 Å². The number of nitrogens with two attached hydrogens (primary N) is 1. The molecule has 6 heteroatoms. The molecule has 0 spiro atoms. The van der Waals surface area contributed by atoms with Gasteiger partial charge >= 0.3 is 6.03 Å². The minimum absolute atomic E-state index is 0.105. The van der Waals surface area contributed by atoms with E-state index in [-0.39, 0.29) is 12.6 Å². The summed E-state index contributed by atoms with van der Waals surface area (Å²) in [5, 5.41) is 5.54. The molecular formula is C10H19N3O3. The molecule has 0 aliphatic heterocycles. The first kappa shape index (κ1) is 12.8. The number of hydrogen-bond donors (Lipinski definition) is 3. The van der Waals surface area contributed by atoms with Gasteiger partial charge in [-0.1, -0.05) is 12.8 Å². The zero-order valence-electron chi connectivity index (χ0n) is 9.33. The molecular weight excluding hydrogens is 210 g/mol. The topological polar surface area (TPSA) is 93.5 Å². The highest BCUT2D eigenvalue weighted by molar-refractivity contribution is 5.75. The summed E-state index contributed by atoms with van der Waals surface area (Å²) in [5.41, 5.74) is 4.88. The Bertz CT molecular complexity index is 239. The van der Waals surface area contributed by atoms with E-state index in [1.807, 2.05) is 0 Å². The highest BCUT2D eigenvalue weighted by Crippen LogP contribution is 2.17. The van der Waals surface area contributed by atoms with Gasteiger partial charge in [0.05, 0.1) is 6.61 Å². The molecule has 0 radical (unpaired) electrons. The van der Waals surface area contributed by atoms with Crippen molar-refractivity contribution in [2.45, 2.75) is 31.7 Å². The molecule has 6 nitrogen and oxygen atoms in total. The lowest BCUT2D eigenvalue weighted by molar-refractivity contribution is -0.122. The molecule has 0 atom stereocenters. The van der Waals surface area contributed by atoms with Crippen LogP contribution in [0.3, 0.4) is 0 Å². The summed E-state index contributed by atoms with van der Waals surface area (Å²) in [4.78, 5) is 21.7. The fourth-order valence-corrected chi connectivity index (χ4v) is 1.72. The maximum absolute atomic E-state index is 11.3. The highest BCUT2D eigenvalue weighted by Gasteiger charge is 2.16. The van der Waals surface area contributed by atoms with E-state index < -0.39 is 5.91 Å². The van der Waals surface area contributed by atoms with Crippen molar-refractivity contribution in [1.29, 1.82) is 0 Å². The SMILES string of the molecule is NC(=O)COCCNC(=O)NC1CCCC1. The molecule has 16 heavy (non-hydrogen) atoms. The number of amides is 3. The van der Waals surface area contributed by atoms with Gasteiger partial charge in [0.1, 0.15) is 6.61 Å². The van der Waals surface area contributed by atoms with Crippen LogP contribution in [0.15, 0.2) is 0 Å². The Balaban J connectivity index is 1.95. The molecule has 0 aromatic carbocycles. The molecule has 1 saturated carbocycles. The van der Waals surface area contributed by atoms with Crippen LogP contribution in [-0.2, 0) is 9.53 Å². The number of primary amides is 1. The van der Waals surface area contributed by atoms with Gasteiger partial charge in [0.2, 0.25) is 5.91 Å². The quantitative estimate of drug-likeness (QED) is 0.547. The number of carbonyl (C=O) groups excluding carboxylic acids is 2. The van der Waals surface area contributed by atoms with Crippen LogP contribution in [0.25, 0.3) is 0 Å². The van der Waals surface area contributed by atoms with Gasteiger partial charge in [-0.15, -0.1) is 0 Å². The van der Waals surface area contributed by atoms with Crippen molar-refractivity contribution in [1.82, 2.24) is 10.6 Å². The number of hydrogen-bond acceptors (Lipinski definition) is 3. The van der Waals surface area contributed by atoms with Gasteiger partial charge in [-0.2, -0.15) is 0 Å². The zero-order valence-corrected chi connectivity index (χ0v) is 9.33. The lowest BCUT2D eigenvalue weighted by Crippen LogP contribution is -2.42. The average Bonchev–Trinajstić information content (AvgIpc) is 2.69. The van der Waals surface area contributed by atoms with Crippen LogP contribution in [0.4, 0.5) is 4.79 Å². The summed E-state index contributed by atoms with van der Waals surface area (Å²) in [6.07, 6.45) is 4.50. The smallest absolute Gasteiger partial charge is 0.315 e. The van der Waals surface area contributed by atoms with Crippen LogP contribution in [0.1, 0.15) is 25.7 Å². The summed E-state index contributed by atoms with van der Waals surface area (Å²) in [5.74, 6) is -0.504. The first-order valence-electron chi connectivity index (χ1n) is 5.59. The van der Waals surface area contributed by atoms with E-state index in [1.165, 1.54) is 12.8 Å². The molecule has 1 aliphatic rings. The van der Waals surface area contributed by atoms with Gasteiger partial charge in [-0.05, 0) is 12.8 Å². The average molecular weight is 229 g/mol. The second kappa shape index (κ2) is 7.05. The van der Waals surface area contributed by atoms with Gasteiger partial charge in [0, 0.05) is 12.6 Å². The number of carbonyl (C=O) groups is 2. The number of nitrogens with one attached hydrogen (secondary N) is 2. The predicted octanol–water partition coefficient (Wildman–Crippen LogP) is -0.270. The van der Waals surface area contributed by atoms with Crippen molar-refractivity contribution in [2.24, 2.45) is 5.73 Å². The van der Waals surface area contributed by atoms with Crippen LogP contribution in [-0.4, -0.2) is 37.7 Å². The fraction of sp³-hybridized carbons (Fsp3) is 0.800. The Labute approximate surface area is 94.9 Å². The van der Waals surface area contributed by atoms with E-state index in [2.05, 4.69) is 10.6 Å². The standard InChI is InChI=1S/C10H19N3O3/c11-9(14)7-16-6-5-12-10(15)13-8-3-1-2-4-8/h8H,1-7H2,(H2,11,14)(H2,12,13,15). The predicted molar refractivity (Wildman–Crippen MR) is 58.8 cm³/mol. The molecule has 4 N–H and O–H groups in total. The lowest BCUT2D eigenvalue weighted by atomic mass is 10.3. The van der Waals surface area contributed by atoms with Gasteiger partial charge in [-0.25, -0.2) is 4.79 Å². The summed E-state index contributed by atoms with van der Waals surface area (Å²) in [6, 6.07) is 0.140. The molecule has 1 rings (SSSR count). The largest absolute Gasteiger partial charge is 0.370 e. The summed E-state index contributed by atoms with van der Waals surface area (Å²) < 4.78 is 4.90. The van der Waals surface area contributed by atoms with Crippen LogP contribution >= 0.6 is 0 Å². The highest BCUT2D eigenvalue weighted by atomic mass is 16.5. The van der Waals surface area contributed by atoms with Crippen LogP contribution in [0.5, 0.6) is 0 Å². The molecule has 3 amide bonds. The van der Waals surface area contributed by atoms with Crippen molar-refractivity contribution in [3.63, 3.8) is 0 Å². The Morgan fingerprint density at radius 3 is 2.62 bits per heavy atom. The van der Waals surface area contributed by atoms with Gasteiger partial charge < -0.3 is 21.1 Å². The van der Waals surface area contributed by atoms with Crippen molar-refractivity contribution < 1.29 is 14.3 Å². The van der Waals surface area contributed by atoms with Crippen LogP contribution in [0, 0.1) is 0 Å². The van der Waals surface area contributed by atoms with Gasteiger partial charge in [0.15, 0.2) is 0 Å². The first-order chi connectivity index (χ1) is 7.68. The van der Waals surface area contributed by atoms with Crippen molar-refractivity contribution in [2.75, 3.05) is 19.8 Å². The Morgan fingerprint density at radius 1 is 1.31 bits per heavy atom. The third-order valence-electron chi connectivity index (χ3n) is 2.47. The molecule has 92 valence electrons. The van der Waals surface area contributed by atoms with Crippen molar-refractivity contribution >= 4 is 11.9 Å². The van der Waals surface area contributed by atoms with E-state index in [1.54, 1.807) is 0 Å². The fourth-order valence-electron chi connectivity index (χ4n) is 1.72. The van der Waals surface area contributed by atoms with Crippen molar-refractivity contribution in [3.8, 4) is 0 Å². The number of urea groups is 1. The molecule has 0 bridgehead atoms. The minimum atomic E-state index is -0.504. The maximum atomic E-state index is 11.3. The van der Waals surface area contributed by atoms with Crippen LogP contribution in [0.2, 0.25) is 0 Å². The third-order valence-corrected chi connectivity index (χ3v) is 2.47. The maximum Gasteiger partial charge on any atom is 0.315 e. The van der Waals surface area contributed by atoms with Crippen LogP contribution < -0.4 is 16.4 Å². The summed E-state index contributed by atoms with van der Waals surface area (Å²) in [6.45, 7) is 0.568. The minimum Gasteiger partial charge on any atom is -0.370 e. The second-order valence-electron chi connectivity index (χ2n) is 3.90. The second-order valence-corrected chi connectivity index (χ2v) is 3.90. The number of ether oxygens (including phenoxy) is 1. The van der Waals surface area contributed by atoms with E-state index in [4.69, 9.17) is 10.5 Å². The molecule has 0 unspecified atom stereocenters. The van der Waals surface area contributed by atoms with Crippen molar-refractivity contribution in [3.05, 3.63) is 0 Å². The van der Waals surface area contributed by atoms with E-state index in [0.717, 1.165) is 12.8 Å². The Morgan fingerprint density at radius 2 is 2.00 bits per heavy atom. The van der Waals surface area contributed by atoms with E-state index >= 15 is 0 Å². The van der Waals surface area contributed by atoms with E-state index in [9.17, 15) is 9.59 Å². The first-order valence-corrected chi connectivity index (χ1v) is 5.59. The molecule has 0 saturated heterocycles. The number of rotatable bonds is 6. The molecule has 1 fully saturated rings. The third kappa shape index (κ3) is 5.55. The summed E-state index contributed by atoms with van der Waals surface area (Å²) in [7, 11) is 0. The zero-order chi connectivity index (χ0) is 11.8. The molecule has 0 aromatic rings. The Kier molecular flexibility index (Phi) is 5.63. The van der Waals surface area contributed by atoms with Gasteiger partial charge in [-0.3, -0.25) is 4.79 Å². The molecule has 1 aliphatic carbocycles.